The Labute approximate surface area is 157 Å². The van der Waals surface area contributed by atoms with Gasteiger partial charge in [-0.1, -0.05) is 60.7 Å². The van der Waals surface area contributed by atoms with Crippen molar-refractivity contribution in [1.82, 2.24) is 25.5 Å². The molecule has 3 rings (SSSR count). The molecule has 0 aliphatic heterocycles. The molecule has 6 nitrogen and oxygen atoms in total. The van der Waals surface area contributed by atoms with Crippen LogP contribution in [0.25, 0.3) is 0 Å². The number of nitrogens with one attached hydrogen (secondary N) is 1. The van der Waals surface area contributed by atoms with Crippen LogP contribution in [0.5, 0.6) is 0 Å². The quantitative estimate of drug-likeness (QED) is 0.588. The Balaban J connectivity index is 1.49. The lowest BCUT2D eigenvalue weighted by molar-refractivity contribution is -0.124. The van der Waals surface area contributed by atoms with E-state index in [-0.39, 0.29) is 5.91 Å². The summed E-state index contributed by atoms with van der Waals surface area (Å²) < 4.78 is 1.51. The van der Waals surface area contributed by atoms with Gasteiger partial charge in [-0.25, -0.2) is 4.68 Å². The van der Waals surface area contributed by atoms with Gasteiger partial charge in [0.2, 0.25) is 5.91 Å². The van der Waals surface area contributed by atoms with Gasteiger partial charge >= 0.3 is 0 Å². The lowest BCUT2D eigenvalue weighted by Crippen LogP contribution is -2.35. The first-order valence-corrected chi connectivity index (χ1v) is 9.64. The van der Waals surface area contributed by atoms with E-state index in [1.165, 1.54) is 16.6 Å². The second kappa shape index (κ2) is 9.72. The molecule has 1 heterocycles. The zero-order valence-electron chi connectivity index (χ0n) is 14.4. The third-order valence-corrected chi connectivity index (χ3v) is 4.95. The third-order valence-electron chi connectivity index (χ3n) is 3.92. The first-order chi connectivity index (χ1) is 12.8. The van der Waals surface area contributed by atoms with Crippen molar-refractivity contribution in [2.45, 2.75) is 18.2 Å². The maximum absolute atomic E-state index is 12.6. The van der Waals surface area contributed by atoms with Crippen molar-refractivity contribution in [1.29, 1.82) is 0 Å². The van der Waals surface area contributed by atoms with Gasteiger partial charge in [-0.2, -0.15) is 11.8 Å². The highest BCUT2D eigenvalue weighted by molar-refractivity contribution is 7.98. The van der Waals surface area contributed by atoms with Gasteiger partial charge in [0.15, 0.2) is 0 Å². The Morgan fingerprint density at radius 1 is 1.04 bits per heavy atom. The number of nitrogens with zero attached hydrogens (tertiary/aromatic N) is 4. The van der Waals surface area contributed by atoms with Crippen molar-refractivity contribution in [3.8, 4) is 0 Å². The molecular formula is C19H21N5OS. The number of hydrogen-bond donors (Lipinski definition) is 1. The Morgan fingerprint density at radius 2 is 1.73 bits per heavy atom. The molecule has 0 spiro atoms. The van der Waals surface area contributed by atoms with Gasteiger partial charge in [-0.3, -0.25) is 4.79 Å². The Hall–Kier alpha value is -2.67. The number of aromatic nitrogens is 4. The van der Waals surface area contributed by atoms with E-state index in [0.29, 0.717) is 13.0 Å². The highest BCUT2D eigenvalue weighted by atomic mass is 32.2. The van der Waals surface area contributed by atoms with E-state index < -0.39 is 6.04 Å². The summed E-state index contributed by atoms with van der Waals surface area (Å²) in [6, 6.07) is 19.7. The molecule has 0 saturated heterocycles. The topological polar surface area (TPSA) is 72.7 Å². The summed E-state index contributed by atoms with van der Waals surface area (Å²) in [7, 11) is 0. The fourth-order valence-electron chi connectivity index (χ4n) is 2.58. The van der Waals surface area contributed by atoms with Crippen molar-refractivity contribution in [2.24, 2.45) is 0 Å². The van der Waals surface area contributed by atoms with Crippen LogP contribution in [0, 0.1) is 0 Å². The van der Waals surface area contributed by atoms with Crippen LogP contribution in [0.1, 0.15) is 17.2 Å². The second-order valence-corrected chi connectivity index (χ2v) is 6.93. The average Bonchev–Trinajstić information content (AvgIpc) is 3.22. The molecule has 0 saturated carbocycles. The summed E-state index contributed by atoms with van der Waals surface area (Å²) in [4.78, 5) is 12.6. The van der Waals surface area contributed by atoms with E-state index in [0.717, 1.165) is 17.1 Å². The molecule has 134 valence electrons. The van der Waals surface area contributed by atoms with Crippen LogP contribution in [-0.4, -0.2) is 38.4 Å². The largest absolute Gasteiger partial charge is 0.353 e. The lowest BCUT2D eigenvalue weighted by Gasteiger charge is -2.16. The number of thioether (sulfide) groups is 1. The van der Waals surface area contributed by atoms with Gasteiger partial charge in [0.05, 0.1) is 0 Å². The minimum atomic E-state index is -0.452. The van der Waals surface area contributed by atoms with Crippen LogP contribution in [0.2, 0.25) is 0 Å². The zero-order valence-corrected chi connectivity index (χ0v) is 15.2. The maximum atomic E-state index is 12.6. The predicted molar refractivity (Wildman–Crippen MR) is 103 cm³/mol. The fraction of sp³-hybridized carbons (Fsp3) is 0.263. The van der Waals surface area contributed by atoms with Gasteiger partial charge in [0.25, 0.3) is 0 Å². The number of tetrazole rings is 1. The zero-order chi connectivity index (χ0) is 18.0. The van der Waals surface area contributed by atoms with Crippen LogP contribution >= 0.6 is 11.8 Å². The summed E-state index contributed by atoms with van der Waals surface area (Å²) >= 11 is 1.80. The van der Waals surface area contributed by atoms with E-state index in [9.17, 15) is 4.79 Å². The Kier molecular flexibility index (Phi) is 6.78. The summed E-state index contributed by atoms with van der Waals surface area (Å²) in [6.45, 7) is 0.615. The standard InChI is InChI=1S/C19H21N5OS/c25-19(20-11-12-26-14-17-9-5-2-6-10-17)18(24-15-21-22-23-24)13-16-7-3-1-4-8-16/h1-10,15,18H,11-14H2,(H,20,25). The normalized spacial score (nSPS) is 11.8. The van der Waals surface area contributed by atoms with E-state index in [2.05, 4.69) is 33.0 Å². The number of amides is 1. The molecule has 3 aromatic rings. The molecule has 0 aliphatic carbocycles. The Morgan fingerprint density at radius 3 is 2.38 bits per heavy atom. The Bertz CT molecular complexity index is 780. The molecule has 26 heavy (non-hydrogen) atoms. The molecule has 0 aliphatic rings. The van der Waals surface area contributed by atoms with Crippen LogP contribution in [0.3, 0.4) is 0 Å². The number of hydrogen-bond acceptors (Lipinski definition) is 5. The number of rotatable bonds is 9. The minimum Gasteiger partial charge on any atom is -0.353 e. The number of carbonyl (C=O) groups is 1. The van der Waals surface area contributed by atoms with Gasteiger partial charge in [-0.15, -0.1) is 5.10 Å². The molecule has 1 atom stereocenters. The predicted octanol–water partition coefficient (Wildman–Crippen LogP) is 2.51. The third kappa shape index (κ3) is 5.42. The second-order valence-electron chi connectivity index (χ2n) is 5.82. The average molecular weight is 367 g/mol. The van der Waals surface area contributed by atoms with Crippen molar-refractivity contribution >= 4 is 17.7 Å². The summed E-state index contributed by atoms with van der Waals surface area (Å²) in [5.74, 6) is 1.73. The van der Waals surface area contributed by atoms with Crippen LogP contribution in [0.15, 0.2) is 67.0 Å². The number of carbonyl (C=O) groups excluding carboxylic acids is 1. The molecule has 1 unspecified atom stereocenters. The molecule has 0 fully saturated rings. The van der Waals surface area contributed by atoms with Gasteiger partial charge < -0.3 is 5.32 Å². The fourth-order valence-corrected chi connectivity index (χ4v) is 3.40. The first kappa shape index (κ1) is 18.1. The van der Waals surface area contributed by atoms with Crippen molar-refractivity contribution in [3.63, 3.8) is 0 Å². The van der Waals surface area contributed by atoms with Crippen LogP contribution < -0.4 is 5.32 Å². The van der Waals surface area contributed by atoms with Crippen molar-refractivity contribution in [2.75, 3.05) is 12.3 Å². The maximum Gasteiger partial charge on any atom is 0.245 e. The monoisotopic (exact) mass is 367 g/mol. The van der Waals surface area contributed by atoms with Crippen molar-refractivity contribution in [3.05, 3.63) is 78.1 Å². The van der Waals surface area contributed by atoms with E-state index in [4.69, 9.17) is 0 Å². The molecule has 2 aromatic carbocycles. The molecule has 1 N–H and O–H groups in total. The number of benzene rings is 2. The molecular weight excluding hydrogens is 346 g/mol. The molecule has 1 aromatic heterocycles. The van der Waals surface area contributed by atoms with E-state index in [1.54, 1.807) is 11.8 Å². The summed E-state index contributed by atoms with van der Waals surface area (Å²) in [5.41, 5.74) is 2.36. The molecule has 7 heteroatoms. The van der Waals surface area contributed by atoms with Crippen LogP contribution in [-0.2, 0) is 17.0 Å². The lowest BCUT2D eigenvalue weighted by atomic mass is 10.1. The molecule has 0 radical (unpaired) electrons. The molecule has 0 bridgehead atoms. The van der Waals surface area contributed by atoms with E-state index in [1.807, 2.05) is 48.5 Å². The van der Waals surface area contributed by atoms with Crippen molar-refractivity contribution < 1.29 is 4.79 Å². The van der Waals surface area contributed by atoms with E-state index >= 15 is 0 Å². The first-order valence-electron chi connectivity index (χ1n) is 8.49. The highest BCUT2D eigenvalue weighted by Crippen LogP contribution is 2.14. The smallest absolute Gasteiger partial charge is 0.245 e. The summed E-state index contributed by atoms with van der Waals surface area (Å²) in [5, 5.41) is 14.2. The van der Waals surface area contributed by atoms with Gasteiger partial charge in [0, 0.05) is 24.5 Å². The van der Waals surface area contributed by atoms with Crippen LogP contribution in [0.4, 0.5) is 0 Å². The van der Waals surface area contributed by atoms with Gasteiger partial charge in [0.1, 0.15) is 12.4 Å². The van der Waals surface area contributed by atoms with Gasteiger partial charge in [-0.05, 0) is 21.6 Å². The molecule has 1 amide bonds. The minimum absolute atomic E-state index is 0.0681. The summed E-state index contributed by atoms with van der Waals surface area (Å²) in [6.07, 6.45) is 2.03. The SMILES string of the molecule is O=C(NCCSCc1ccccc1)C(Cc1ccccc1)n1cnnn1. The highest BCUT2D eigenvalue weighted by Gasteiger charge is 2.21.